The van der Waals surface area contributed by atoms with Crippen molar-refractivity contribution in [3.63, 3.8) is 0 Å². The fraction of sp³-hybridized carbons (Fsp3) is 0.273. The van der Waals surface area contributed by atoms with E-state index in [0.717, 1.165) is 5.56 Å². The van der Waals surface area contributed by atoms with Crippen LogP contribution in [0.2, 0.25) is 0 Å². The Morgan fingerprint density at radius 2 is 2.35 bits per heavy atom. The molecule has 2 aromatic rings. The number of halogens is 1. The van der Waals surface area contributed by atoms with E-state index in [1.54, 1.807) is 10.6 Å². The van der Waals surface area contributed by atoms with Gasteiger partial charge in [-0.1, -0.05) is 23.9 Å². The Morgan fingerprint density at radius 1 is 1.53 bits per heavy atom. The number of H-pyrrole nitrogens is 1. The molecule has 0 aliphatic rings. The van der Waals surface area contributed by atoms with Crippen LogP contribution in [0.1, 0.15) is 12.5 Å². The summed E-state index contributed by atoms with van der Waals surface area (Å²) < 4.78 is 14.5. The highest BCUT2D eigenvalue weighted by molar-refractivity contribution is 7.98. The summed E-state index contributed by atoms with van der Waals surface area (Å²) in [6, 6.07) is 6.40. The van der Waals surface area contributed by atoms with Crippen molar-refractivity contribution < 1.29 is 4.39 Å². The zero-order valence-electron chi connectivity index (χ0n) is 9.31. The van der Waals surface area contributed by atoms with Gasteiger partial charge in [0.2, 0.25) is 0 Å². The number of hydrogen-bond acceptors (Lipinski definition) is 3. The Hall–Kier alpha value is -1.56. The minimum absolute atomic E-state index is 0.214. The largest absolute Gasteiger partial charge is 0.343 e. The molecule has 17 heavy (non-hydrogen) atoms. The molecule has 0 saturated carbocycles. The predicted molar refractivity (Wildman–Crippen MR) is 64.5 cm³/mol. The molecule has 4 nitrogen and oxygen atoms in total. The summed E-state index contributed by atoms with van der Waals surface area (Å²) in [6.07, 6.45) is 0. The highest BCUT2D eigenvalue weighted by Gasteiger charge is 2.07. The van der Waals surface area contributed by atoms with Crippen molar-refractivity contribution in [1.82, 2.24) is 14.8 Å². The van der Waals surface area contributed by atoms with E-state index < -0.39 is 0 Å². The first-order chi connectivity index (χ1) is 8.20. The van der Waals surface area contributed by atoms with E-state index in [0.29, 0.717) is 17.5 Å². The molecular formula is C11H12FN3OS. The third-order valence-electron chi connectivity index (χ3n) is 2.30. The van der Waals surface area contributed by atoms with Crippen molar-refractivity contribution in [2.75, 3.05) is 0 Å². The van der Waals surface area contributed by atoms with E-state index in [2.05, 4.69) is 10.2 Å². The Labute approximate surface area is 102 Å². The van der Waals surface area contributed by atoms with Crippen molar-refractivity contribution in [2.24, 2.45) is 0 Å². The molecule has 0 amide bonds. The maximum absolute atomic E-state index is 13.0. The van der Waals surface area contributed by atoms with Gasteiger partial charge >= 0.3 is 5.69 Å². The molecular weight excluding hydrogens is 241 g/mol. The van der Waals surface area contributed by atoms with Crippen LogP contribution in [0.25, 0.3) is 0 Å². The average molecular weight is 253 g/mol. The van der Waals surface area contributed by atoms with Gasteiger partial charge in [-0.05, 0) is 24.6 Å². The monoisotopic (exact) mass is 253 g/mol. The van der Waals surface area contributed by atoms with Crippen LogP contribution in [0.4, 0.5) is 4.39 Å². The van der Waals surface area contributed by atoms with E-state index in [-0.39, 0.29) is 11.5 Å². The smallest absolute Gasteiger partial charge is 0.270 e. The molecule has 0 atom stereocenters. The van der Waals surface area contributed by atoms with Crippen LogP contribution >= 0.6 is 11.8 Å². The third kappa shape index (κ3) is 2.76. The minimum atomic E-state index is -0.252. The van der Waals surface area contributed by atoms with Gasteiger partial charge in [0.05, 0.1) is 0 Å². The summed E-state index contributed by atoms with van der Waals surface area (Å²) in [5.41, 5.74) is 0.655. The normalized spacial score (nSPS) is 10.7. The first kappa shape index (κ1) is 11.9. The van der Waals surface area contributed by atoms with Crippen LogP contribution in [-0.4, -0.2) is 14.8 Å². The van der Waals surface area contributed by atoms with E-state index in [1.165, 1.54) is 23.9 Å². The molecule has 1 heterocycles. The van der Waals surface area contributed by atoms with Crippen molar-refractivity contribution in [2.45, 2.75) is 24.4 Å². The Balaban J connectivity index is 2.10. The van der Waals surface area contributed by atoms with Crippen LogP contribution in [0.15, 0.2) is 34.2 Å². The lowest BCUT2D eigenvalue weighted by Gasteiger charge is -2.02. The number of rotatable bonds is 4. The second-order valence-electron chi connectivity index (χ2n) is 3.47. The lowest BCUT2D eigenvalue weighted by molar-refractivity contribution is 0.626. The van der Waals surface area contributed by atoms with Gasteiger partial charge in [-0.15, -0.1) is 5.10 Å². The molecule has 1 aromatic heterocycles. The van der Waals surface area contributed by atoms with Gasteiger partial charge in [-0.3, -0.25) is 4.57 Å². The first-order valence-corrected chi connectivity index (χ1v) is 6.21. The van der Waals surface area contributed by atoms with Gasteiger partial charge in [0.15, 0.2) is 5.16 Å². The SMILES string of the molecule is CCn1c(SCc2cccc(F)c2)n[nH]c1=O. The van der Waals surface area contributed by atoms with Gasteiger partial charge < -0.3 is 0 Å². The topological polar surface area (TPSA) is 50.7 Å². The summed E-state index contributed by atoms with van der Waals surface area (Å²) in [7, 11) is 0. The molecule has 90 valence electrons. The summed E-state index contributed by atoms with van der Waals surface area (Å²) in [6.45, 7) is 2.45. The molecule has 0 bridgehead atoms. The molecule has 0 aliphatic heterocycles. The molecule has 1 aromatic carbocycles. The molecule has 2 rings (SSSR count). The molecule has 0 fully saturated rings. The molecule has 0 unspecified atom stereocenters. The van der Waals surface area contributed by atoms with Crippen LogP contribution < -0.4 is 5.69 Å². The van der Waals surface area contributed by atoms with Crippen LogP contribution in [0.3, 0.4) is 0 Å². The second kappa shape index (κ2) is 5.18. The summed E-state index contributed by atoms with van der Waals surface area (Å²) >= 11 is 1.41. The average Bonchev–Trinajstić information content (AvgIpc) is 2.67. The molecule has 0 spiro atoms. The lowest BCUT2D eigenvalue weighted by Crippen LogP contribution is -2.16. The number of nitrogens with zero attached hydrogens (tertiary/aromatic N) is 2. The zero-order chi connectivity index (χ0) is 12.3. The third-order valence-corrected chi connectivity index (χ3v) is 3.34. The van der Waals surface area contributed by atoms with Crippen molar-refractivity contribution >= 4 is 11.8 Å². The van der Waals surface area contributed by atoms with Gasteiger partial charge in [0, 0.05) is 12.3 Å². The van der Waals surface area contributed by atoms with Crippen molar-refractivity contribution in [3.8, 4) is 0 Å². The van der Waals surface area contributed by atoms with E-state index in [4.69, 9.17) is 0 Å². The Bertz CT molecular complexity index is 564. The number of hydrogen-bond donors (Lipinski definition) is 1. The summed E-state index contributed by atoms with van der Waals surface area (Å²) in [5, 5.41) is 6.94. The number of aromatic nitrogens is 3. The summed E-state index contributed by atoms with van der Waals surface area (Å²) in [5.74, 6) is 0.334. The molecule has 6 heteroatoms. The highest BCUT2D eigenvalue weighted by Crippen LogP contribution is 2.19. The number of nitrogens with one attached hydrogen (secondary N) is 1. The molecule has 0 saturated heterocycles. The van der Waals surface area contributed by atoms with E-state index in [9.17, 15) is 9.18 Å². The van der Waals surface area contributed by atoms with Crippen molar-refractivity contribution in [3.05, 3.63) is 46.1 Å². The highest BCUT2D eigenvalue weighted by atomic mass is 32.2. The zero-order valence-corrected chi connectivity index (χ0v) is 10.1. The van der Waals surface area contributed by atoms with E-state index >= 15 is 0 Å². The number of aromatic amines is 1. The maximum atomic E-state index is 13.0. The molecule has 0 aliphatic carbocycles. The maximum Gasteiger partial charge on any atom is 0.343 e. The van der Waals surface area contributed by atoms with Gasteiger partial charge in [-0.25, -0.2) is 14.3 Å². The Morgan fingerprint density at radius 3 is 3.06 bits per heavy atom. The fourth-order valence-electron chi connectivity index (χ4n) is 1.47. The summed E-state index contributed by atoms with van der Waals surface area (Å²) in [4.78, 5) is 11.3. The van der Waals surface area contributed by atoms with Gasteiger partial charge in [-0.2, -0.15) is 0 Å². The van der Waals surface area contributed by atoms with Gasteiger partial charge in [0.1, 0.15) is 5.82 Å². The molecule has 1 N–H and O–H groups in total. The second-order valence-corrected chi connectivity index (χ2v) is 4.42. The van der Waals surface area contributed by atoms with Crippen LogP contribution in [0.5, 0.6) is 0 Å². The van der Waals surface area contributed by atoms with Gasteiger partial charge in [0.25, 0.3) is 0 Å². The molecule has 0 radical (unpaired) electrons. The fourth-order valence-corrected chi connectivity index (χ4v) is 2.42. The first-order valence-electron chi connectivity index (χ1n) is 5.23. The van der Waals surface area contributed by atoms with Crippen molar-refractivity contribution in [1.29, 1.82) is 0 Å². The minimum Gasteiger partial charge on any atom is -0.270 e. The number of thioether (sulfide) groups is 1. The quantitative estimate of drug-likeness (QED) is 0.848. The van der Waals surface area contributed by atoms with Crippen LogP contribution in [0, 0.1) is 5.82 Å². The van der Waals surface area contributed by atoms with E-state index in [1.807, 2.05) is 13.0 Å². The Kier molecular flexibility index (Phi) is 3.63. The van der Waals surface area contributed by atoms with Crippen LogP contribution in [-0.2, 0) is 12.3 Å². The number of benzene rings is 1. The predicted octanol–water partition coefficient (Wildman–Crippen LogP) is 2.02. The lowest BCUT2D eigenvalue weighted by atomic mass is 10.2. The standard InChI is InChI=1S/C11H12FN3OS/c1-2-15-10(16)13-14-11(15)17-7-8-4-3-5-9(12)6-8/h3-6H,2,7H2,1H3,(H,13,16).